The molecule has 0 atom stereocenters. The molecule has 0 saturated heterocycles. The van der Waals surface area contributed by atoms with Crippen LogP contribution >= 0.6 is 0 Å². The van der Waals surface area contributed by atoms with Gasteiger partial charge in [-0.3, -0.25) is 4.79 Å². The third kappa shape index (κ3) is 2.71. The Labute approximate surface area is 103 Å². The van der Waals surface area contributed by atoms with Crippen molar-refractivity contribution >= 4 is 5.91 Å². The van der Waals surface area contributed by atoms with Crippen molar-refractivity contribution in [2.75, 3.05) is 0 Å². The molecule has 2 N–H and O–H groups in total. The number of nitrogens with two attached hydrogens (primary N) is 1. The fourth-order valence-corrected chi connectivity index (χ4v) is 1.64. The molecule has 18 heavy (non-hydrogen) atoms. The number of carbonyl (C=O) groups is 1. The van der Waals surface area contributed by atoms with E-state index in [2.05, 4.69) is 10.3 Å². The van der Waals surface area contributed by atoms with Gasteiger partial charge in [-0.2, -0.15) is 0 Å². The third-order valence-electron chi connectivity index (χ3n) is 2.67. The maximum absolute atomic E-state index is 12.8. The van der Waals surface area contributed by atoms with Crippen LogP contribution in [0.2, 0.25) is 0 Å². The molecule has 0 saturated carbocycles. The van der Waals surface area contributed by atoms with Gasteiger partial charge in [0, 0.05) is 0 Å². The number of halogens is 1. The molecular weight excluding hydrogens is 235 g/mol. The molecule has 94 valence electrons. The second kappa shape index (κ2) is 4.95. The molecule has 1 amide bonds. The number of rotatable bonds is 4. The Morgan fingerprint density at radius 1 is 1.39 bits per heavy atom. The number of amides is 1. The molecule has 1 aromatic carbocycles. The second-order valence-corrected chi connectivity index (χ2v) is 4.05. The summed E-state index contributed by atoms with van der Waals surface area (Å²) in [5, 5.41) is 7.86. The minimum atomic E-state index is -0.438. The molecule has 2 rings (SSSR count). The van der Waals surface area contributed by atoms with Crippen molar-refractivity contribution < 1.29 is 9.18 Å². The standard InChI is InChI=1S/C12H13FN4O/c1-8-11(6-12(14)18)15-16-17(8)7-9-2-4-10(13)5-3-9/h2-5H,6-7H2,1H3,(H2,14,18). The first-order valence-electron chi connectivity index (χ1n) is 5.48. The lowest BCUT2D eigenvalue weighted by molar-refractivity contribution is -0.117. The number of carbonyl (C=O) groups excluding carboxylic acids is 1. The number of nitrogens with zero attached hydrogens (tertiary/aromatic N) is 3. The van der Waals surface area contributed by atoms with E-state index >= 15 is 0 Å². The van der Waals surface area contributed by atoms with E-state index in [0.29, 0.717) is 12.2 Å². The summed E-state index contributed by atoms with van der Waals surface area (Å²) < 4.78 is 14.4. The molecule has 0 aliphatic heterocycles. The summed E-state index contributed by atoms with van der Waals surface area (Å²) in [6.45, 7) is 2.31. The van der Waals surface area contributed by atoms with Gasteiger partial charge < -0.3 is 5.73 Å². The van der Waals surface area contributed by atoms with Crippen molar-refractivity contribution in [2.24, 2.45) is 5.73 Å². The van der Waals surface area contributed by atoms with Crippen LogP contribution in [0.5, 0.6) is 0 Å². The van der Waals surface area contributed by atoms with Gasteiger partial charge in [-0.25, -0.2) is 9.07 Å². The predicted molar refractivity (Wildman–Crippen MR) is 63.2 cm³/mol. The van der Waals surface area contributed by atoms with Gasteiger partial charge in [0.15, 0.2) is 0 Å². The highest BCUT2D eigenvalue weighted by Gasteiger charge is 2.10. The van der Waals surface area contributed by atoms with Crippen molar-refractivity contribution in [2.45, 2.75) is 19.9 Å². The summed E-state index contributed by atoms with van der Waals surface area (Å²) in [6, 6.07) is 6.16. The van der Waals surface area contributed by atoms with Gasteiger partial charge in [-0.15, -0.1) is 5.10 Å². The number of aromatic nitrogens is 3. The zero-order valence-electron chi connectivity index (χ0n) is 9.93. The Kier molecular flexibility index (Phi) is 3.36. The van der Waals surface area contributed by atoms with Crippen LogP contribution in [0.25, 0.3) is 0 Å². The lowest BCUT2D eigenvalue weighted by Gasteiger charge is -2.03. The van der Waals surface area contributed by atoms with Crippen LogP contribution in [0.3, 0.4) is 0 Å². The normalized spacial score (nSPS) is 10.6. The Bertz CT molecular complexity index is 562. The van der Waals surface area contributed by atoms with Crippen LogP contribution < -0.4 is 5.73 Å². The summed E-state index contributed by atoms with van der Waals surface area (Å²) in [6.07, 6.45) is 0.0786. The smallest absolute Gasteiger partial charge is 0.223 e. The molecule has 5 nitrogen and oxygen atoms in total. The quantitative estimate of drug-likeness (QED) is 0.869. The number of benzene rings is 1. The van der Waals surface area contributed by atoms with Crippen LogP contribution in [0, 0.1) is 12.7 Å². The maximum Gasteiger partial charge on any atom is 0.223 e. The predicted octanol–water partition coefficient (Wildman–Crippen LogP) is 0.802. The van der Waals surface area contributed by atoms with Crippen molar-refractivity contribution in [1.29, 1.82) is 0 Å². The Hall–Kier alpha value is -2.24. The lowest BCUT2D eigenvalue weighted by atomic mass is 10.2. The fraction of sp³-hybridized carbons (Fsp3) is 0.250. The summed E-state index contributed by atoms with van der Waals surface area (Å²) in [7, 11) is 0. The molecule has 0 aliphatic carbocycles. The zero-order chi connectivity index (χ0) is 13.1. The van der Waals surface area contributed by atoms with E-state index in [9.17, 15) is 9.18 Å². The van der Waals surface area contributed by atoms with E-state index in [4.69, 9.17) is 5.73 Å². The molecule has 0 unspecified atom stereocenters. The summed E-state index contributed by atoms with van der Waals surface area (Å²) in [5.74, 6) is -0.713. The number of hydrogen-bond acceptors (Lipinski definition) is 3. The average Bonchev–Trinajstić information content (AvgIpc) is 2.64. The molecule has 1 aromatic heterocycles. The molecule has 0 aliphatic rings. The molecule has 0 radical (unpaired) electrons. The van der Waals surface area contributed by atoms with Crippen LogP contribution in [0.15, 0.2) is 24.3 Å². The van der Waals surface area contributed by atoms with Crippen LogP contribution in [-0.4, -0.2) is 20.9 Å². The van der Waals surface area contributed by atoms with E-state index in [0.717, 1.165) is 11.3 Å². The highest BCUT2D eigenvalue weighted by atomic mass is 19.1. The Balaban J connectivity index is 2.17. The summed E-state index contributed by atoms with van der Waals surface area (Å²) in [4.78, 5) is 10.8. The number of primary amides is 1. The molecule has 2 aromatic rings. The maximum atomic E-state index is 12.8. The van der Waals surface area contributed by atoms with Crippen molar-refractivity contribution in [1.82, 2.24) is 15.0 Å². The van der Waals surface area contributed by atoms with E-state index in [1.165, 1.54) is 12.1 Å². The monoisotopic (exact) mass is 248 g/mol. The molecule has 6 heteroatoms. The minimum Gasteiger partial charge on any atom is -0.369 e. The lowest BCUT2D eigenvalue weighted by Crippen LogP contribution is -2.15. The van der Waals surface area contributed by atoms with Gasteiger partial charge in [-0.05, 0) is 24.6 Å². The van der Waals surface area contributed by atoms with Crippen molar-refractivity contribution in [3.05, 3.63) is 47.0 Å². The van der Waals surface area contributed by atoms with Crippen LogP contribution in [-0.2, 0) is 17.8 Å². The van der Waals surface area contributed by atoms with Gasteiger partial charge in [0.2, 0.25) is 5.91 Å². The highest BCUT2D eigenvalue weighted by Crippen LogP contribution is 2.09. The molecule has 0 spiro atoms. The van der Waals surface area contributed by atoms with Gasteiger partial charge in [0.25, 0.3) is 0 Å². The largest absolute Gasteiger partial charge is 0.369 e. The zero-order valence-corrected chi connectivity index (χ0v) is 9.93. The molecule has 1 heterocycles. The first-order chi connectivity index (χ1) is 8.56. The summed E-state index contributed by atoms with van der Waals surface area (Å²) >= 11 is 0. The molecule has 0 bridgehead atoms. The minimum absolute atomic E-state index is 0.0786. The van der Waals surface area contributed by atoms with Gasteiger partial charge in [0.1, 0.15) is 5.82 Å². The van der Waals surface area contributed by atoms with Crippen molar-refractivity contribution in [3.63, 3.8) is 0 Å². The topological polar surface area (TPSA) is 73.8 Å². The SMILES string of the molecule is Cc1c(CC(N)=O)nnn1Cc1ccc(F)cc1. The highest BCUT2D eigenvalue weighted by molar-refractivity contribution is 5.76. The van der Waals surface area contributed by atoms with Crippen molar-refractivity contribution in [3.8, 4) is 0 Å². The second-order valence-electron chi connectivity index (χ2n) is 4.05. The van der Waals surface area contributed by atoms with Crippen LogP contribution in [0.1, 0.15) is 17.0 Å². The fourth-order valence-electron chi connectivity index (χ4n) is 1.64. The van der Waals surface area contributed by atoms with E-state index < -0.39 is 5.91 Å². The van der Waals surface area contributed by atoms with Gasteiger partial charge >= 0.3 is 0 Å². The first-order valence-corrected chi connectivity index (χ1v) is 5.48. The van der Waals surface area contributed by atoms with E-state index in [1.54, 1.807) is 16.8 Å². The number of hydrogen-bond donors (Lipinski definition) is 1. The summed E-state index contributed by atoms with van der Waals surface area (Å²) in [5.41, 5.74) is 7.39. The van der Waals surface area contributed by atoms with Gasteiger partial charge in [-0.1, -0.05) is 17.3 Å². The molecule has 0 fully saturated rings. The first kappa shape index (κ1) is 12.2. The Morgan fingerprint density at radius 2 is 2.06 bits per heavy atom. The third-order valence-corrected chi connectivity index (χ3v) is 2.67. The van der Waals surface area contributed by atoms with E-state index in [-0.39, 0.29) is 12.2 Å². The average molecular weight is 248 g/mol. The van der Waals surface area contributed by atoms with Gasteiger partial charge in [0.05, 0.1) is 24.4 Å². The Morgan fingerprint density at radius 3 is 2.67 bits per heavy atom. The molecular formula is C12H13FN4O. The van der Waals surface area contributed by atoms with E-state index in [1.807, 2.05) is 6.92 Å². The van der Waals surface area contributed by atoms with Crippen LogP contribution in [0.4, 0.5) is 4.39 Å².